The summed E-state index contributed by atoms with van der Waals surface area (Å²) in [5, 5.41) is 3.54. The van der Waals surface area contributed by atoms with Gasteiger partial charge in [-0.2, -0.15) is 0 Å². The largest absolute Gasteiger partial charge is 0.306 e. The lowest BCUT2D eigenvalue weighted by molar-refractivity contribution is 0.619. The van der Waals surface area contributed by atoms with E-state index in [0.717, 1.165) is 12.1 Å². The van der Waals surface area contributed by atoms with Gasteiger partial charge in [0.2, 0.25) is 0 Å². The number of benzene rings is 2. The molecule has 0 aliphatic carbocycles. The van der Waals surface area contributed by atoms with E-state index in [-0.39, 0.29) is 0 Å². The molecule has 1 N–H and O–H groups in total. The molecule has 0 saturated heterocycles. The Bertz CT molecular complexity index is 543. The SMILES string of the molecule is C=C(CN[C@H](C)c1ccccc1C)c1ccccc1. The van der Waals surface area contributed by atoms with E-state index >= 15 is 0 Å². The Morgan fingerprint density at radius 3 is 2.37 bits per heavy atom. The second-order valence-corrected chi connectivity index (χ2v) is 4.93. The number of aryl methyl sites for hydroxylation is 1. The van der Waals surface area contributed by atoms with Gasteiger partial charge in [-0.1, -0.05) is 61.2 Å². The zero-order chi connectivity index (χ0) is 13.7. The van der Waals surface area contributed by atoms with Crippen LogP contribution in [-0.2, 0) is 0 Å². The van der Waals surface area contributed by atoms with E-state index in [1.54, 1.807) is 0 Å². The molecule has 0 heterocycles. The normalized spacial score (nSPS) is 12.1. The van der Waals surface area contributed by atoms with Gasteiger partial charge in [0.15, 0.2) is 0 Å². The van der Waals surface area contributed by atoms with Gasteiger partial charge >= 0.3 is 0 Å². The number of hydrogen-bond acceptors (Lipinski definition) is 1. The highest BCUT2D eigenvalue weighted by Gasteiger charge is 2.07. The summed E-state index contributed by atoms with van der Waals surface area (Å²) in [6, 6.07) is 19.2. The first-order valence-corrected chi connectivity index (χ1v) is 6.70. The third-order valence-corrected chi connectivity index (χ3v) is 3.46. The zero-order valence-corrected chi connectivity index (χ0v) is 11.7. The van der Waals surface area contributed by atoms with Crippen LogP contribution in [0.25, 0.3) is 5.57 Å². The van der Waals surface area contributed by atoms with Crippen LogP contribution < -0.4 is 5.32 Å². The molecule has 0 aliphatic rings. The van der Waals surface area contributed by atoms with E-state index < -0.39 is 0 Å². The van der Waals surface area contributed by atoms with E-state index in [1.807, 2.05) is 18.2 Å². The minimum Gasteiger partial charge on any atom is -0.306 e. The van der Waals surface area contributed by atoms with Gasteiger partial charge in [-0.3, -0.25) is 0 Å². The van der Waals surface area contributed by atoms with Crippen molar-refractivity contribution in [2.45, 2.75) is 19.9 Å². The fraction of sp³-hybridized carbons (Fsp3) is 0.222. The highest BCUT2D eigenvalue weighted by atomic mass is 14.9. The Labute approximate surface area is 116 Å². The van der Waals surface area contributed by atoms with Crippen molar-refractivity contribution in [2.24, 2.45) is 0 Å². The minimum atomic E-state index is 0.335. The molecule has 0 aromatic heterocycles. The molecule has 19 heavy (non-hydrogen) atoms. The van der Waals surface area contributed by atoms with E-state index in [4.69, 9.17) is 0 Å². The lowest BCUT2D eigenvalue weighted by Crippen LogP contribution is -2.21. The Balaban J connectivity index is 1.96. The lowest BCUT2D eigenvalue weighted by Gasteiger charge is -2.17. The van der Waals surface area contributed by atoms with Crippen molar-refractivity contribution in [3.05, 3.63) is 77.9 Å². The third-order valence-electron chi connectivity index (χ3n) is 3.46. The van der Waals surface area contributed by atoms with Gasteiger partial charge < -0.3 is 5.32 Å². The van der Waals surface area contributed by atoms with Crippen molar-refractivity contribution >= 4 is 5.57 Å². The van der Waals surface area contributed by atoms with Crippen LogP contribution in [0.2, 0.25) is 0 Å². The summed E-state index contributed by atoms with van der Waals surface area (Å²) >= 11 is 0. The van der Waals surface area contributed by atoms with E-state index in [0.29, 0.717) is 6.04 Å². The molecule has 0 saturated carbocycles. The monoisotopic (exact) mass is 251 g/mol. The van der Waals surface area contributed by atoms with Gasteiger partial charge in [0.05, 0.1) is 0 Å². The summed E-state index contributed by atoms with van der Waals surface area (Å²) in [6.07, 6.45) is 0. The molecule has 1 heteroatoms. The first kappa shape index (κ1) is 13.6. The van der Waals surface area contributed by atoms with Crippen LogP contribution in [0.15, 0.2) is 61.2 Å². The minimum absolute atomic E-state index is 0.335. The zero-order valence-electron chi connectivity index (χ0n) is 11.7. The van der Waals surface area contributed by atoms with Crippen LogP contribution in [-0.4, -0.2) is 6.54 Å². The Morgan fingerprint density at radius 1 is 1.05 bits per heavy atom. The van der Waals surface area contributed by atoms with Gasteiger partial charge in [0.25, 0.3) is 0 Å². The molecule has 2 aromatic rings. The lowest BCUT2D eigenvalue weighted by atomic mass is 10.0. The van der Waals surface area contributed by atoms with Crippen molar-refractivity contribution in [3.63, 3.8) is 0 Å². The molecule has 0 amide bonds. The molecule has 0 spiro atoms. The molecule has 1 atom stereocenters. The first-order valence-electron chi connectivity index (χ1n) is 6.70. The molecule has 1 nitrogen and oxygen atoms in total. The van der Waals surface area contributed by atoms with Crippen LogP contribution in [0, 0.1) is 6.92 Å². The van der Waals surface area contributed by atoms with Crippen LogP contribution in [0.1, 0.15) is 29.7 Å². The smallest absolute Gasteiger partial charge is 0.0297 e. The fourth-order valence-corrected chi connectivity index (χ4v) is 2.23. The Hall–Kier alpha value is -1.86. The van der Waals surface area contributed by atoms with Crippen molar-refractivity contribution in [3.8, 4) is 0 Å². The molecule has 98 valence electrons. The van der Waals surface area contributed by atoms with Crippen molar-refractivity contribution < 1.29 is 0 Å². The molecule has 0 unspecified atom stereocenters. The maximum absolute atomic E-state index is 4.15. The van der Waals surface area contributed by atoms with Crippen molar-refractivity contribution in [1.29, 1.82) is 0 Å². The molecule has 0 bridgehead atoms. The fourth-order valence-electron chi connectivity index (χ4n) is 2.23. The second-order valence-electron chi connectivity index (χ2n) is 4.93. The van der Waals surface area contributed by atoms with Crippen LogP contribution in [0.3, 0.4) is 0 Å². The molecule has 0 radical (unpaired) electrons. The topological polar surface area (TPSA) is 12.0 Å². The maximum atomic E-state index is 4.15. The Kier molecular flexibility index (Phi) is 4.53. The van der Waals surface area contributed by atoms with Gasteiger partial charge in [-0.15, -0.1) is 0 Å². The van der Waals surface area contributed by atoms with E-state index in [2.05, 4.69) is 62.1 Å². The van der Waals surface area contributed by atoms with Crippen LogP contribution in [0.5, 0.6) is 0 Å². The molecule has 2 aromatic carbocycles. The number of hydrogen-bond donors (Lipinski definition) is 1. The summed E-state index contributed by atoms with van der Waals surface area (Å²) < 4.78 is 0. The van der Waals surface area contributed by atoms with E-state index in [1.165, 1.54) is 16.7 Å². The molecular weight excluding hydrogens is 230 g/mol. The number of rotatable bonds is 5. The van der Waals surface area contributed by atoms with Crippen molar-refractivity contribution in [1.82, 2.24) is 5.32 Å². The quantitative estimate of drug-likeness (QED) is 0.832. The molecule has 0 fully saturated rings. The molecule has 0 aliphatic heterocycles. The van der Waals surface area contributed by atoms with Gasteiger partial charge in [0, 0.05) is 12.6 Å². The standard InChI is InChI=1S/C18H21N/c1-14-9-7-8-12-18(14)16(3)19-13-15(2)17-10-5-4-6-11-17/h4-12,16,19H,2,13H2,1,3H3/t16-/m1/s1. The predicted octanol–water partition coefficient (Wildman–Crippen LogP) is 4.36. The third kappa shape index (κ3) is 3.55. The van der Waals surface area contributed by atoms with Gasteiger partial charge in [-0.25, -0.2) is 0 Å². The molecule has 2 rings (SSSR count). The molecular formula is C18H21N. The average molecular weight is 251 g/mol. The summed E-state index contributed by atoms with van der Waals surface area (Å²) in [5.41, 5.74) is 5.00. The summed E-state index contributed by atoms with van der Waals surface area (Å²) in [4.78, 5) is 0. The highest BCUT2D eigenvalue weighted by molar-refractivity contribution is 5.64. The Morgan fingerprint density at radius 2 is 1.68 bits per heavy atom. The van der Waals surface area contributed by atoms with Gasteiger partial charge in [0.1, 0.15) is 0 Å². The van der Waals surface area contributed by atoms with E-state index in [9.17, 15) is 0 Å². The second kappa shape index (κ2) is 6.35. The van der Waals surface area contributed by atoms with Gasteiger partial charge in [-0.05, 0) is 36.1 Å². The first-order chi connectivity index (χ1) is 9.18. The summed E-state index contributed by atoms with van der Waals surface area (Å²) in [7, 11) is 0. The summed E-state index contributed by atoms with van der Waals surface area (Å²) in [6.45, 7) is 9.30. The van der Waals surface area contributed by atoms with Crippen molar-refractivity contribution in [2.75, 3.05) is 6.54 Å². The highest BCUT2D eigenvalue weighted by Crippen LogP contribution is 2.18. The maximum Gasteiger partial charge on any atom is 0.0297 e. The van der Waals surface area contributed by atoms with Crippen LogP contribution >= 0.6 is 0 Å². The average Bonchev–Trinajstić information content (AvgIpc) is 2.46. The number of nitrogens with one attached hydrogen (secondary N) is 1. The predicted molar refractivity (Wildman–Crippen MR) is 83.1 cm³/mol. The summed E-state index contributed by atoms with van der Waals surface area (Å²) in [5.74, 6) is 0. The van der Waals surface area contributed by atoms with Crippen LogP contribution in [0.4, 0.5) is 0 Å².